The molecular weight excluding hydrogens is 255 g/mol. The van der Waals surface area contributed by atoms with Crippen LogP contribution in [0.2, 0.25) is 0 Å². The van der Waals surface area contributed by atoms with Crippen molar-refractivity contribution >= 4 is 33.9 Å². The summed E-state index contributed by atoms with van der Waals surface area (Å²) in [4.78, 5) is 4.09. The molecule has 0 saturated heterocycles. The van der Waals surface area contributed by atoms with Gasteiger partial charge in [-0.15, -0.1) is 0 Å². The summed E-state index contributed by atoms with van der Waals surface area (Å²) in [6.45, 7) is 0. The fourth-order valence-electron chi connectivity index (χ4n) is 0.886. The zero-order valence-corrected chi connectivity index (χ0v) is 7.69. The van der Waals surface area contributed by atoms with E-state index in [9.17, 15) is 0 Å². The molecule has 2 rings (SSSR count). The molecule has 0 fully saturated rings. The van der Waals surface area contributed by atoms with Crippen LogP contribution in [-0.4, -0.2) is 14.6 Å². The SMILES string of the molecule is Nc1ccnn2c(I)cnc12. The lowest BCUT2D eigenvalue weighted by atomic mass is 10.5. The van der Waals surface area contributed by atoms with E-state index < -0.39 is 0 Å². The second-order valence-corrected chi connectivity index (χ2v) is 3.21. The molecule has 0 aromatic carbocycles. The summed E-state index contributed by atoms with van der Waals surface area (Å²) >= 11 is 2.15. The highest BCUT2D eigenvalue weighted by atomic mass is 127. The number of nitrogens with zero attached hydrogens (tertiary/aromatic N) is 3. The minimum Gasteiger partial charge on any atom is -0.396 e. The second-order valence-electron chi connectivity index (χ2n) is 2.10. The molecule has 5 heteroatoms. The van der Waals surface area contributed by atoms with Crippen molar-refractivity contribution in [2.24, 2.45) is 0 Å². The van der Waals surface area contributed by atoms with Crippen LogP contribution in [0, 0.1) is 3.70 Å². The number of fused-ring (bicyclic) bond motifs is 1. The van der Waals surface area contributed by atoms with Crippen molar-refractivity contribution in [1.29, 1.82) is 0 Å². The zero-order chi connectivity index (χ0) is 7.84. The third-order valence-corrected chi connectivity index (χ3v) is 2.13. The van der Waals surface area contributed by atoms with Gasteiger partial charge in [0, 0.05) is 0 Å². The van der Waals surface area contributed by atoms with Crippen molar-refractivity contribution in [1.82, 2.24) is 14.6 Å². The van der Waals surface area contributed by atoms with Crippen LogP contribution in [0.1, 0.15) is 0 Å². The van der Waals surface area contributed by atoms with Gasteiger partial charge >= 0.3 is 0 Å². The summed E-state index contributed by atoms with van der Waals surface area (Å²) in [6.07, 6.45) is 3.39. The average Bonchev–Trinajstić information content (AvgIpc) is 2.35. The highest BCUT2D eigenvalue weighted by Gasteiger charge is 2.02. The molecule has 0 unspecified atom stereocenters. The number of nitrogens with two attached hydrogens (primary N) is 1. The Hall–Kier alpha value is -0.850. The maximum absolute atomic E-state index is 5.64. The minimum atomic E-state index is 0.655. The third-order valence-electron chi connectivity index (χ3n) is 1.39. The second kappa shape index (κ2) is 2.33. The van der Waals surface area contributed by atoms with Crippen LogP contribution in [0.25, 0.3) is 5.65 Å². The summed E-state index contributed by atoms with van der Waals surface area (Å²) in [5, 5.41) is 4.07. The normalized spacial score (nSPS) is 10.6. The van der Waals surface area contributed by atoms with E-state index in [1.807, 2.05) is 0 Å². The number of hydrogen-bond donors (Lipinski definition) is 1. The average molecular weight is 260 g/mol. The molecule has 0 radical (unpaired) electrons. The van der Waals surface area contributed by atoms with Crippen molar-refractivity contribution in [3.63, 3.8) is 0 Å². The van der Waals surface area contributed by atoms with Gasteiger partial charge in [-0.25, -0.2) is 9.50 Å². The largest absolute Gasteiger partial charge is 0.396 e. The molecule has 2 heterocycles. The molecule has 0 atom stereocenters. The lowest BCUT2D eigenvalue weighted by molar-refractivity contribution is 0.915. The maximum Gasteiger partial charge on any atom is 0.177 e. The van der Waals surface area contributed by atoms with Gasteiger partial charge in [0.2, 0.25) is 0 Å². The van der Waals surface area contributed by atoms with Crippen LogP contribution in [0.4, 0.5) is 5.69 Å². The van der Waals surface area contributed by atoms with E-state index in [0.29, 0.717) is 5.69 Å². The number of halogens is 1. The monoisotopic (exact) mass is 260 g/mol. The molecule has 2 N–H and O–H groups in total. The maximum atomic E-state index is 5.64. The van der Waals surface area contributed by atoms with Gasteiger partial charge < -0.3 is 5.73 Å². The summed E-state index contributed by atoms with van der Waals surface area (Å²) in [5.41, 5.74) is 7.02. The molecular formula is C6H5IN4. The Morgan fingerprint density at radius 3 is 3.09 bits per heavy atom. The van der Waals surface area contributed by atoms with Crippen molar-refractivity contribution in [2.75, 3.05) is 5.73 Å². The first-order valence-electron chi connectivity index (χ1n) is 3.03. The Morgan fingerprint density at radius 2 is 2.36 bits per heavy atom. The number of hydrogen-bond acceptors (Lipinski definition) is 3. The van der Waals surface area contributed by atoms with E-state index in [4.69, 9.17) is 5.73 Å². The lowest BCUT2D eigenvalue weighted by Gasteiger charge is -1.94. The molecule has 0 aliphatic rings. The van der Waals surface area contributed by atoms with Crippen LogP contribution in [0.15, 0.2) is 18.5 Å². The predicted molar refractivity (Wildman–Crippen MR) is 50.1 cm³/mol. The van der Waals surface area contributed by atoms with Gasteiger partial charge in [0.25, 0.3) is 0 Å². The predicted octanol–water partition coefficient (Wildman–Crippen LogP) is 0.916. The standard InChI is InChI=1S/C6H5IN4/c7-5-3-9-6-4(8)1-2-10-11(5)6/h1-3H,8H2. The Labute approximate surface area is 76.6 Å². The number of rotatable bonds is 0. The molecule has 0 spiro atoms. The van der Waals surface area contributed by atoms with E-state index in [0.717, 1.165) is 9.35 Å². The third kappa shape index (κ3) is 0.953. The minimum absolute atomic E-state index is 0.655. The van der Waals surface area contributed by atoms with Crippen molar-refractivity contribution in [2.45, 2.75) is 0 Å². The van der Waals surface area contributed by atoms with Gasteiger partial charge in [0.15, 0.2) is 5.65 Å². The highest BCUT2D eigenvalue weighted by molar-refractivity contribution is 14.1. The quantitative estimate of drug-likeness (QED) is 0.716. The fourth-order valence-corrected chi connectivity index (χ4v) is 1.38. The summed E-state index contributed by atoms with van der Waals surface area (Å²) in [7, 11) is 0. The fraction of sp³-hybridized carbons (Fsp3) is 0. The molecule has 56 valence electrons. The zero-order valence-electron chi connectivity index (χ0n) is 5.53. The van der Waals surface area contributed by atoms with E-state index in [1.54, 1.807) is 23.0 Å². The molecule has 0 aliphatic heterocycles. The summed E-state index contributed by atoms with van der Waals surface area (Å²) in [5.74, 6) is 0. The number of anilines is 1. The molecule has 11 heavy (non-hydrogen) atoms. The van der Waals surface area contributed by atoms with E-state index in [1.165, 1.54) is 0 Å². The Kier molecular flexibility index (Phi) is 1.45. The lowest BCUT2D eigenvalue weighted by Crippen LogP contribution is -1.96. The Morgan fingerprint density at radius 1 is 1.55 bits per heavy atom. The Bertz CT molecular complexity index is 394. The van der Waals surface area contributed by atoms with Crippen LogP contribution < -0.4 is 5.73 Å². The number of nitrogen functional groups attached to an aromatic ring is 1. The van der Waals surface area contributed by atoms with Gasteiger partial charge in [-0.1, -0.05) is 0 Å². The van der Waals surface area contributed by atoms with Crippen molar-refractivity contribution in [3.8, 4) is 0 Å². The first kappa shape index (κ1) is 6.84. The molecule has 2 aromatic rings. The first-order valence-corrected chi connectivity index (χ1v) is 4.10. The van der Waals surface area contributed by atoms with E-state index >= 15 is 0 Å². The topological polar surface area (TPSA) is 56.2 Å². The van der Waals surface area contributed by atoms with Gasteiger partial charge in [-0.05, 0) is 28.7 Å². The van der Waals surface area contributed by atoms with Crippen LogP contribution >= 0.6 is 22.6 Å². The molecule has 0 aliphatic carbocycles. The van der Waals surface area contributed by atoms with Gasteiger partial charge in [0.1, 0.15) is 3.70 Å². The first-order chi connectivity index (χ1) is 5.29. The van der Waals surface area contributed by atoms with Crippen molar-refractivity contribution in [3.05, 3.63) is 22.2 Å². The highest BCUT2D eigenvalue weighted by Crippen LogP contribution is 2.12. The molecule has 0 bridgehead atoms. The molecule has 0 saturated carbocycles. The van der Waals surface area contributed by atoms with Crippen LogP contribution in [0.5, 0.6) is 0 Å². The van der Waals surface area contributed by atoms with E-state index in [-0.39, 0.29) is 0 Å². The van der Waals surface area contributed by atoms with Gasteiger partial charge in [-0.3, -0.25) is 0 Å². The Balaban J connectivity index is 2.94. The molecule has 0 amide bonds. The number of aromatic nitrogens is 3. The van der Waals surface area contributed by atoms with Crippen LogP contribution in [-0.2, 0) is 0 Å². The van der Waals surface area contributed by atoms with Crippen LogP contribution in [0.3, 0.4) is 0 Å². The van der Waals surface area contributed by atoms with E-state index in [2.05, 4.69) is 32.7 Å². The van der Waals surface area contributed by atoms with Gasteiger partial charge in [0.05, 0.1) is 18.1 Å². The van der Waals surface area contributed by atoms with Gasteiger partial charge in [-0.2, -0.15) is 5.10 Å². The summed E-state index contributed by atoms with van der Waals surface area (Å²) < 4.78 is 2.67. The number of imidazole rings is 1. The molecule has 2 aromatic heterocycles. The van der Waals surface area contributed by atoms with Crippen molar-refractivity contribution < 1.29 is 0 Å². The molecule has 4 nitrogen and oxygen atoms in total. The summed E-state index contributed by atoms with van der Waals surface area (Å²) in [6, 6.07) is 1.73. The smallest absolute Gasteiger partial charge is 0.177 e.